The van der Waals surface area contributed by atoms with E-state index in [1.807, 2.05) is 55.5 Å². The number of methoxy groups -OCH3 is 1. The van der Waals surface area contributed by atoms with Crippen molar-refractivity contribution >= 4 is 16.7 Å². The van der Waals surface area contributed by atoms with Crippen molar-refractivity contribution in [2.75, 3.05) is 20.3 Å². The maximum atomic E-state index is 13.4. The number of fused-ring (bicyclic) bond motifs is 1. The van der Waals surface area contributed by atoms with Crippen molar-refractivity contribution in [1.29, 1.82) is 0 Å². The monoisotopic (exact) mass is 403 g/mol. The fourth-order valence-electron chi connectivity index (χ4n) is 4.66. The molecule has 1 fully saturated rings. The van der Waals surface area contributed by atoms with Gasteiger partial charge in [0, 0.05) is 12.0 Å². The maximum Gasteiger partial charge on any atom is 0.255 e. The number of amides is 1. The zero-order valence-corrected chi connectivity index (χ0v) is 17.7. The molecule has 0 heterocycles. The van der Waals surface area contributed by atoms with Crippen LogP contribution in [-0.2, 0) is 5.41 Å². The Balaban J connectivity index is 1.62. The van der Waals surface area contributed by atoms with E-state index < -0.39 is 0 Å². The predicted octanol–water partition coefficient (Wildman–Crippen LogP) is 5.49. The minimum atomic E-state index is -0.0740. The number of hydrogen-bond acceptors (Lipinski definition) is 3. The summed E-state index contributed by atoms with van der Waals surface area (Å²) in [5.74, 6) is 1.42. The molecule has 1 amide bonds. The molecule has 3 aromatic rings. The first-order chi connectivity index (χ1) is 14.7. The van der Waals surface area contributed by atoms with E-state index in [9.17, 15) is 4.79 Å². The Kier molecular flexibility index (Phi) is 5.93. The Labute approximate surface area is 178 Å². The van der Waals surface area contributed by atoms with Gasteiger partial charge in [0.25, 0.3) is 5.91 Å². The fraction of sp³-hybridized carbons (Fsp3) is 0.346. The molecule has 4 rings (SSSR count). The maximum absolute atomic E-state index is 13.4. The summed E-state index contributed by atoms with van der Waals surface area (Å²) in [5.41, 5.74) is 1.86. The average Bonchev–Trinajstić information content (AvgIpc) is 3.28. The van der Waals surface area contributed by atoms with E-state index in [-0.39, 0.29) is 11.3 Å². The predicted molar refractivity (Wildman–Crippen MR) is 121 cm³/mol. The summed E-state index contributed by atoms with van der Waals surface area (Å²) in [6.07, 6.45) is 4.52. The van der Waals surface area contributed by atoms with Gasteiger partial charge in [-0.05, 0) is 54.3 Å². The van der Waals surface area contributed by atoms with Gasteiger partial charge in [-0.3, -0.25) is 4.79 Å². The molecule has 3 aromatic carbocycles. The normalized spacial score (nSPS) is 15.1. The summed E-state index contributed by atoms with van der Waals surface area (Å²) < 4.78 is 11.1. The third-order valence-corrected chi connectivity index (χ3v) is 6.27. The highest BCUT2D eigenvalue weighted by Gasteiger charge is 2.36. The topological polar surface area (TPSA) is 47.6 Å². The molecule has 0 spiro atoms. The molecule has 1 aliphatic rings. The molecule has 1 saturated carbocycles. The lowest BCUT2D eigenvalue weighted by Gasteiger charge is -2.30. The molecular weight excluding hydrogens is 374 g/mol. The van der Waals surface area contributed by atoms with Gasteiger partial charge in [-0.25, -0.2) is 0 Å². The van der Waals surface area contributed by atoms with Gasteiger partial charge in [-0.15, -0.1) is 0 Å². The van der Waals surface area contributed by atoms with Crippen molar-refractivity contribution in [1.82, 2.24) is 5.32 Å². The standard InChI is InChI=1S/C26H29NO3/c1-3-30-23-15-10-19-8-4-5-9-22(19)24(23)25(28)27-18-26(16-6-7-17-26)20-11-13-21(29-2)14-12-20/h4-5,8-15H,3,6-7,16-18H2,1-2H3,(H,27,28). The Hall–Kier alpha value is -3.01. The molecule has 4 heteroatoms. The Morgan fingerprint density at radius 2 is 1.73 bits per heavy atom. The van der Waals surface area contributed by atoms with Gasteiger partial charge in [0.1, 0.15) is 11.5 Å². The van der Waals surface area contributed by atoms with Crippen molar-refractivity contribution < 1.29 is 14.3 Å². The Bertz CT molecular complexity index is 1020. The van der Waals surface area contributed by atoms with Crippen LogP contribution in [0, 0.1) is 0 Å². The second-order valence-corrected chi connectivity index (χ2v) is 7.99. The van der Waals surface area contributed by atoms with E-state index in [0.29, 0.717) is 24.5 Å². The van der Waals surface area contributed by atoms with Crippen LogP contribution >= 0.6 is 0 Å². The summed E-state index contributed by atoms with van der Waals surface area (Å²) in [6.45, 7) is 3.08. The van der Waals surface area contributed by atoms with Crippen LogP contribution in [0.15, 0.2) is 60.7 Å². The minimum absolute atomic E-state index is 0.0295. The van der Waals surface area contributed by atoms with Gasteiger partial charge < -0.3 is 14.8 Å². The lowest BCUT2D eigenvalue weighted by molar-refractivity contribution is 0.0941. The van der Waals surface area contributed by atoms with E-state index in [1.165, 1.54) is 18.4 Å². The highest BCUT2D eigenvalue weighted by Crippen LogP contribution is 2.41. The van der Waals surface area contributed by atoms with E-state index in [1.54, 1.807) is 7.11 Å². The molecule has 0 aromatic heterocycles. The number of hydrogen-bond donors (Lipinski definition) is 1. The highest BCUT2D eigenvalue weighted by molar-refractivity contribution is 6.09. The smallest absolute Gasteiger partial charge is 0.255 e. The molecular formula is C26H29NO3. The van der Waals surface area contributed by atoms with Crippen molar-refractivity contribution in [3.63, 3.8) is 0 Å². The molecule has 0 unspecified atom stereocenters. The summed E-state index contributed by atoms with van der Waals surface area (Å²) in [5, 5.41) is 5.21. The van der Waals surface area contributed by atoms with E-state index in [0.717, 1.165) is 29.4 Å². The van der Waals surface area contributed by atoms with Gasteiger partial charge in [0.15, 0.2) is 0 Å². The number of ether oxygens (including phenoxy) is 2. The number of benzene rings is 3. The molecule has 0 radical (unpaired) electrons. The van der Waals surface area contributed by atoms with Crippen LogP contribution < -0.4 is 14.8 Å². The zero-order chi connectivity index (χ0) is 21.0. The van der Waals surface area contributed by atoms with Crippen LogP contribution in [0.4, 0.5) is 0 Å². The minimum Gasteiger partial charge on any atom is -0.497 e. The molecule has 4 nitrogen and oxygen atoms in total. The van der Waals surface area contributed by atoms with Crippen molar-refractivity contribution in [2.45, 2.75) is 38.0 Å². The quantitative estimate of drug-likeness (QED) is 0.567. The second kappa shape index (κ2) is 8.78. The molecule has 0 atom stereocenters. The lowest BCUT2D eigenvalue weighted by Crippen LogP contribution is -2.39. The molecule has 30 heavy (non-hydrogen) atoms. The van der Waals surface area contributed by atoms with Gasteiger partial charge >= 0.3 is 0 Å². The van der Waals surface area contributed by atoms with Crippen LogP contribution in [-0.4, -0.2) is 26.2 Å². The summed E-state index contributed by atoms with van der Waals surface area (Å²) in [6, 6.07) is 20.2. The largest absolute Gasteiger partial charge is 0.497 e. The highest BCUT2D eigenvalue weighted by atomic mass is 16.5. The Morgan fingerprint density at radius 3 is 2.43 bits per heavy atom. The molecule has 1 N–H and O–H groups in total. The van der Waals surface area contributed by atoms with Gasteiger partial charge in [0.05, 0.1) is 19.3 Å². The van der Waals surface area contributed by atoms with Crippen LogP contribution in [0.25, 0.3) is 10.8 Å². The summed E-state index contributed by atoms with van der Waals surface area (Å²) in [4.78, 5) is 13.4. The number of rotatable bonds is 7. The van der Waals surface area contributed by atoms with E-state index in [2.05, 4.69) is 17.4 Å². The lowest BCUT2D eigenvalue weighted by atomic mass is 9.78. The molecule has 0 bridgehead atoms. The fourth-order valence-corrected chi connectivity index (χ4v) is 4.66. The number of carbonyl (C=O) groups is 1. The Morgan fingerprint density at radius 1 is 1.00 bits per heavy atom. The van der Waals surface area contributed by atoms with Crippen LogP contribution in [0.2, 0.25) is 0 Å². The third kappa shape index (κ3) is 3.87. The van der Waals surface area contributed by atoms with Gasteiger partial charge in [-0.1, -0.05) is 55.3 Å². The summed E-state index contributed by atoms with van der Waals surface area (Å²) >= 11 is 0. The van der Waals surface area contributed by atoms with Crippen molar-refractivity contribution in [3.8, 4) is 11.5 Å². The first kappa shape index (κ1) is 20.3. The van der Waals surface area contributed by atoms with E-state index >= 15 is 0 Å². The molecule has 156 valence electrons. The van der Waals surface area contributed by atoms with Crippen LogP contribution in [0.3, 0.4) is 0 Å². The zero-order valence-electron chi connectivity index (χ0n) is 17.7. The average molecular weight is 404 g/mol. The first-order valence-electron chi connectivity index (χ1n) is 10.7. The van der Waals surface area contributed by atoms with Crippen LogP contribution in [0.5, 0.6) is 11.5 Å². The molecule has 0 aliphatic heterocycles. The number of carbonyl (C=O) groups excluding carboxylic acids is 1. The second-order valence-electron chi connectivity index (χ2n) is 7.99. The summed E-state index contributed by atoms with van der Waals surface area (Å²) in [7, 11) is 1.68. The van der Waals surface area contributed by atoms with Crippen molar-refractivity contribution in [2.24, 2.45) is 0 Å². The number of nitrogens with one attached hydrogen (secondary N) is 1. The molecule has 0 saturated heterocycles. The first-order valence-corrected chi connectivity index (χ1v) is 10.7. The molecule has 1 aliphatic carbocycles. The van der Waals surface area contributed by atoms with E-state index in [4.69, 9.17) is 9.47 Å². The van der Waals surface area contributed by atoms with Crippen LogP contribution in [0.1, 0.15) is 48.5 Å². The van der Waals surface area contributed by atoms with Gasteiger partial charge in [-0.2, -0.15) is 0 Å². The van der Waals surface area contributed by atoms with Crippen molar-refractivity contribution in [3.05, 3.63) is 71.8 Å². The third-order valence-electron chi connectivity index (χ3n) is 6.27. The van der Waals surface area contributed by atoms with Gasteiger partial charge in [0.2, 0.25) is 0 Å². The SMILES string of the molecule is CCOc1ccc2ccccc2c1C(=O)NCC1(c2ccc(OC)cc2)CCCC1.